The van der Waals surface area contributed by atoms with E-state index in [1.54, 1.807) is 7.05 Å². The maximum absolute atomic E-state index is 10.8. The van der Waals surface area contributed by atoms with Crippen molar-refractivity contribution < 1.29 is 14.6 Å². The first kappa shape index (κ1) is 10.3. The van der Waals surface area contributed by atoms with Crippen LogP contribution in [-0.4, -0.2) is 27.5 Å². The van der Waals surface area contributed by atoms with Crippen LogP contribution in [0.1, 0.15) is 23.0 Å². The van der Waals surface area contributed by atoms with Crippen LogP contribution in [0.5, 0.6) is 0 Å². The van der Waals surface area contributed by atoms with Crippen molar-refractivity contribution in [2.24, 2.45) is 7.05 Å². The molecule has 76 valence electrons. The normalized spacial score (nSPS) is 9.86. The summed E-state index contributed by atoms with van der Waals surface area (Å²) in [5.41, 5.74) is 0.505. The van der Waals surface area contributed by atoms with Crippen molar-refractivity contribution in [3.05, 3.63) is 24.0 Å². The van der Waals surface area contributed by atoms with Crippen molar-refractivity contribution >= 4 is 11.7 Å². The van der Waals surface area contributed by atoms with Gasteiger partial charge in [-0.25, -0.2) is 4.79 Å². The first-order valence-electron chi connectivity index (χ1n) is 4.15. The highest BCUT2D eigenvalue weighted by Crippen LogP contribution is 2.17. The van der Waals surface area contributed by atoms with Gasteiger partial charge in [0.15, 0.2) is 0 Å². The van der Waals surface area contributed by atoms with Crippen molar-refractivity contribution in [2.75, 3.05) is 6.61 Å². The lowest BCUT2D eigenvalue weighted by molar-refractivity contribution is 0.0695. The largest absolute Gasteiger partial charge is 0.492 e. The zero-order chi connectivity index (χ0) is 10.7. The fourth-order valence-electron chi connectivity index (χ4n) is 1.17. The average molecular weight is 196 g/mol. The van der Waals surface area contributed by atoms with E-state index >= 15 is 0 Å². The van der Waals surface area contributed by atoms with Gasteiger partial charge in [-0.2, -0.15) is 5.10 Å². The molecule has 0 amide bonds. The summed E-state index contributed by atoms with van der Waals surface area (Å²) in [6.45, 7) is 5.90. The highest BCUT2D eigenvalue weighted by molar-refractivity contribution is 5.92. The second-order valence-corrected chi connectivity index (χ2v) is 2.69. The molecule has 0 aliphatic heterocycles. The fraction of sp³-hybridized carbons (Fsp3) is 0.333. The van der Waals surface area contributed by atoms with Crippen molar-refractivity contribution in [1.29, 1.82) is 0 Å². The number of carboxylic acid groups (broad SMARTS) is 1. The summed E-state index contributed by atoms with van der Waals surface area (Å²) in [7, 11) is 1.64. The standard InChI is InChI=1S/C9H12N2O3/c1-4-14-6(2)8-7(9(12)13)5-10-11(8)3/h5H,2,4H2,1,3H3,(H,12,13). The number of nitrogens with zero attached hydrogens (tertiary/aromatic N) is 2. The van der Waals surface area contributed by atoms with E-state index in [-0.39, 0.29) is 5.56 Å². The van der Waals surface area contributed by atoms with Crippen molar-refractivity contribution in [2.45, 2.75) is 6.92 Å². The smallest absolute Gasteiger partial charge is 0.339 e. The summed E-state index contributed by atoms with van der Waals surface area (Å²) in [6.07, 6.45) is 1.28. The van der Waals surface area contributed by atoms with Crippen LogP contribution in [0.15, 0.2) is 12.8 Å². The van der Waals surface area contributed by atoms with Crippen molar-refractivity contribution in [3.8, 4) is 0 Å². The molecule has 0 spiro atoms. The van der Waals surface area contributed by atoms with Gasteiger partial charge in [0.25, 0.3) is 0 Å². The van der Waals surface area contributed by atoms with E-state index in [2.05, 4.69) is 11.7 Å². The van der Waals surface area contributed by atoms with Crippen LogP contribution >= 0.6 is 0 Å². The molecular weight excluding hydrogens is 184 g/mol. The molecule has 0 saturated carbocycles. The third-order valence-electron chi connectivity index (χ3n) is 1.75. The monoisotopic (exact) mass is 196 g/mol. The molecule has 5 nitrogen and oxygen atoms in total. The number of ether oxygens (including phenoxy) is 1. The Balaban J connectivity index is 3.11. The summed E-state index contributed by atoms with van der Waals surface area (Å²) < 4.78 is 6.57. The Hall–Kier alpha value is -1.78. The molecule has 1 N–H and O–H groups in total. The Morgan fingerprint density at radius 2 is 2.43 bits per heavy atom. The Bertz CT molecular complexity index is 368. The van der Waals surface area contributed by atoms with Crippen molar-refractivity contribution in [1.82, 2.24) is 9.78 Å². The van der Waals surface area contributed by atoms with Crippen LogP contribution < -0.4 is 0 Å². The van der Waals surface area contributed by atoms with Gasteiger partial charge in [0.2, 0.25) is 0 Å². The van der Waals surface area contributed by atoms with E-state index < -0.39 is 5.97 Å². The maximum atomic E-state index is 10.8. The Labute approximate surface area is 81.6 Å². The quantitative estimate of drug-likeness (QED) is 0.733. The van der Waals surface area contributed by atoms with Crippen LogP contribution in [-0.2, 0) is 11.8 Å². The zero-order valence-electron chi connectivity index (χ0n) is 8.15. The third-order valence-corrected chi connectivity index (χ3v) is 1.75. The van der Waals surface area contributed by atoms with E-state index in [9.17, 15) is 4.79 Å². The summed E-state index contributed by atoms with van der Waals surface area (Å²) in [5.74, 6) is -0.709. The number of aromatic nitrogens is 2. The number of hydrogen-bond donors (Lipinski definition) is 1. The summed E-state index contributed by atoms with van der Waals surface area (Å²) in [5, 5.41) is 12.7. The number of carbonyl (C=O) groups is 1. The molecule has 1 aromatic rings. The van der Waals surface area contributed by atoms with Crippen LogP contribution in [0.2, 0.25) is 0 Å². The molecule has 1 rings (SSSR count). The highest BCUT2D eigenvalue weighted by Gasteiger charge is 2.17. The minimum absolute atomic E-state index is 0.103. The molecule has 0 fully saturated rings. The number of carboxylic acids is 1. The Morgan fingerprint density at radius 1 is 1.79 bits per heavy atom. The zero-order valence-corrected chi connectivity index (χ0v) is 8.15. The molecule has 0 bridgehead atoms. The minimum Gasteiger partial charge on any atom is -0.492 e. The molecule has 0 aromatic carbocycles. The fourth-order valence-corrected chi connectivity index (χ4v) is 1.17. The summed E-state index contributed by atoms with van der Waals surface area (Å²) in [6, 6.07) is 0. The maximum Gasteiger partial charge on any atom is 0.339 e. The molecule has 5 heteroatoms. The van der Waals surface area contributed by atoms with Gasteiger partial charge >= 0.3 is 5.97 Å². The van der Waals surface area contributed by atoms with Crippen LogP contribution in [0.4, 0.5) is 0 Å². The van der Waals surface area contributed by atoms with Crippen molar-refractivity contribution in [3.63, 3.8) is 0 Å². The molecule has 1 heterocycles. The lowest BCUT2D eigenvalue weighted by atomic mass is 10.2. The number of aryl methyl sites for hydroxylation is 1. The molecule has 0 saturated heterocycles. The van der Waals surface area contributed by atoms with Gasteiger partial charge < -0.3 is 9.84 Å². The average Bonchev–Trinajstić information content (AvgIpc) is 2.47. The SMILES string of the molecule is C=C(OCC)c1c(C(=O)O)cnn1C. The van der Waals surface area contributed by atoms with E-state index in [0.29, 0.717) is 18.1 Å². The first-order chi connectivity index (χ1) is 6.57. The van der Waals surface area contributed by atoms with E-state index in [4.69, 9.17) is 9.84 Å². The molecule has 0 aliphatic carbocycles. The van der Waals surface area contributed by atoms with Crippen LogP contribution in [0.3, 0.4) is 0 Å². The molecule has 0 radical (unpaired) electrons. The third kappa shape index (κ3) is 1.76. The first-order valence-corrected chi connectivity index (χ1v) is 4.15. The topological polar surface area (TPSA) is 64.3 Å². The van der Waals surface area contributed by atoms with E-state index in [1.807, 2.05) is 6.92 Å². The lowest BCUT2D eigenvalue weighted by Gasteiger charge is -2.07. The van der Waals surface area contributed by atoms with Gasteiger partial charge in [0, 0.05) is 7.05 Å². The summed E-state index contributed by atoms with van der Waals surface area (Å²) in [4.78, 5) is 10.8. The summed E-state index contributed by atoms with van der Waals surface area (Å²) >= 11 is 0. The lowest BCUT2D eigenvalue weighted by Crippen LogP contribution is -2.05. The highest BCUT2D eigenvalue weighted by atomic mass is 16.5. The van der Waals surface area contributed by atoms with E-state index in [1.165, 1.54) is 10.9 Å². The van der Waals surface area contributed by atoms with Crippen LogP contribution in [0.25, 0.3) is 5.76 Å². The Morgan fingerprint density at radius 3 is 2.93 bits per heavy atom. The number of rotatable bonds is 4. The molecule has 0 atom stereocenters. The predicted octanol–water partition coefficient (Wildman–Crippen LogP) is 1.13. The van der Waals surface area contributed by atoms with Crippen LogP contribution in [0, 0.1) is 0 Å². The van der Waals surface area contributed by atoms with Gasteiger partial charge in [-0.05, 0) is 6.92 Å². The van der Waals surface area contributed by atoms with Gasteiger partial charge in [0.05, 0.1) is 12.8 Å². The number of hydrogen-bond acceptors (Lipinski definition) is 3. The molecule has 14 heavy (non-hydrogen) atoms. The van der Waals surface area contributed by atoms with Gasteiger partial charge in [0.1, 0.15) is 17.0 Å². The predicted molar refractivity (Wildman–Crippen MR) is 50.8 cm³/mol. The van der Waals surface area contributed by atoms with Gasteiger partial charge in [-0.1, -0.05) is 6.58 Å². The number of aromatic carboxylic acids is 1. The molecule has 0 unspecified atom stereocenters. The molecule has 0 aliphatic rings. The van der Waals surface area contributed by atoms with E-state index in [0.717, 1.165) is 0 Å². The minimum atomic E-state index is -1.03. The van der Waals surface area contributed by atoms with Gasteiger partial charge in [-0.15, -0.1) is 0 Å². The second kappa shape index (κ2) is 3.95. The molecule has 1 aromatic heterocycles. The molecular formula is C9H12N2O3. The second-order valence-electron chi connectivity index (χ2n) is 2.69. The van der Waals surface area contributed by atoms with Gasteiger partial charge in [-0.3, -0.25) is 4.68 Å². The Kier molecular flexibility index (Phi) is 2.91.